The molecule has 1 atom stereocenters. The smallest absolute Gasteiger partial charge is 0.163 e. The normalized spacial score (nSPS) is 26.6. The van der Waals surface area contributed by atoms with Crippen LogP contribution in [0.25, 0.3) is 10.9 Å². The fraction of sp³-hybridized carbons (Fsp3) is 0.500. The molecule has 3 nitrogen and oxygen atoms in total. The second-order valence-corrected chi connectivity index (χ2v) is 7.09. The Morgan fingerprint density at radius 3 is 2.70 bits per heavy atom. The quantitative estimate of drug-likeness (QED) is 0.807. The summed E-state index contributed by atoms with van der Waals surface area (Å²) in [5, 5.41) is 1.11. The molecule has 0 aliphatic carbocycles. The summed E-state index contributed by atoms with van der Waals surface area (Å²) >= 11 is 0. The maximum Gasteiger partial charge on any atom is 0.163 e. The predicted molar refractivity (Wildman–Crippen MR) is 92.7 cm³/mol. The Balaban J connectivity index is 1.54. The third-order valence-electron chi connectivity index (χ3n) is 5.67. The number of pyridine rings is 1. The summed E-state index contributed by atoms with van der Waals surface area (Å²) in [6.07, 6.45) is 4.17. The molecule has 0 amide bonds. The Kier molecular flexibility index (Phi) is 3.90. The number of piperidine rings is 3. The maximum absolute atomic E-state index is 12.7. The van der Waals surface area contributed by atoms with Crippen molar-refractivity contribution in [2.45, 2.75) is 32.6 Å². The molecule has 3 heteroatoms. The average molecular weight is 308 g/mol. The molecule has 23 heavy (non-hydrogen) atoms. The van der Waals surface area contributed by atoms with Crippen LogP contribution >= 0.6 is 0 Å². The highest BCUT2D eigenvalue weighted by molar-refractivity contribution is 5.99. The van der Waals surface area contributed by atoms with E-state index in [1.165, 1.54) is 25.9 Å². The van der Waals surface area contributed by atoms with Crippen LogP contribution < -0.4 is 0 Å². The molecule has 0 saturated carbocycles. The minimum atomic E-state index is 0.286. The lowest BCUT2D eigenvalue weighted by atomic mass is 9.76. The van der Waals surface area contributed by atoms with Crippen LogP contribution in [0, 0.1) is 11.8 Å². The van der Waals surface area contributed by atoms with Gasteiger partial charge in [-0.3, -0.25) is 9.78 Å². The Labute approximate surface area is 137 Å². The fourth-order valence-electron chi connectivity index (χ4n) is 4.20. The number of carbonyl (C=O) groups is 1. The van der Waals surface area contributed by atoms with E-state index in [0.29, 0.717) is 12.3 Å². The predicted octanol–water partition coefficient (Wildman–Crippen LogP) is 3.71. The summed E-state index contributed by atoms with van der Waals surface area (Å²) in [7, 11) is 0. The van der Waals surface area contributed by atoms with Gasteiger partial charge in [-0.25, -0.2) is 0 Å². The van der Waals surface area contributed by atoms with E-state index in [2.05, 4.69) is 28.9 Å². The zero-order valence-corrected chi connectivity index (χ0v) is 13.8. The molecule has 1 unspecified atom stereocenters. The van der Waals surface area contributed by atoms with Crippen molar-refractivity contribution in [3.8, 4) is 0 Å². The number of hydrogen-bond acceptors (Lipinski definition) is 3. The van der Waals surface area contributed by atoms with Gasteiger partial charge in [0.2, 0.25) is 0 Å². The number of aryl methyl sites for hydroxylation is 1. The third-order valence-corrected chi connectivity index (χ3v) is 5.67. The molecule has 0 N–H and O–H groups in total. The first kappa shape index (κ1) is 14.8. The number of benzene rings is 1. The van der Waals surface area contributed by atoms with E-state index in [-0.39, 0.29) is 5.78 Å². The van der Waals surface area contributed by atoms with Crippen LogP contribution in [0.3, 0.4) is 0 Å². The zero-order chi connectivity index (χ0) is 15.8. The van der Waals surface area contributed by atoms with Gasteiger partial charge in [-0.2, -0.15) is 0 Å². The van der Waals surface area contributed by atoms with E-state index in [0.717, 1.165) is 41.0 Å². The van der Waals surface area contributed by atoms with Gasteiger partial charge in [0.25, 0.3) is 0 Å². The second kappa shape index (κ2) is 6.04. The summed E-state index contributed by atoms with van der Waals surface area (Å²) in [4.78, 5) is 19.9. The van der Waals surface area contributed by atoms with Gasteiger partial charge in [0, 0.05) is 29.6 Å². The fourth-order valence-corrected chi connectivity index (χ4v) is 4.20. The number of fused-ring (bicyclic) bond motifs is 4. The summed E-state index contributed by atoms with van der Waals surface area (Å²) in [6, 6.07) is 10.2. The highest BCUT2D eigenvalue weighted by Crippen LogP contribution is 2.35. The van der Waals surface area contributed by atoms with Crippen LogP contribution in [-0.4, -0.2) is 35.3 Å². The van der Waals surface area contributed by atoms with Crippen LogP contribution in [0.2, 0.25) is 0 Å². The van der Waals surface area contributed by atoms with Gasteiger partial charge < -0.3 is 4.90 Å². The van der Waals surface area contributed by atoms with E-state index >= 15 is 0 Å². The largest absolute Gasteiger partial charge is 0.303 e. The van der Waals surface area contributed by atoms with Crippen molar-refractivity contribution >= 4 is 16.7 Å². The van der Waals surface area contributed by atoms with Crippen molar-refractivity contribution in [2.24, 2.45) is 11.8 Å². The molecule has 3 fully saturated rings. The van der Waals surface area contributed by atoms with Crippen LogP contribution in [0.15, 0.2) is 30.3 Å². The highest BCUT2D eigenvalue weighted by Gasteiger charge is 2.35. The minimum Gasteiger partial charge on any atom is -0.303 e. The van der Waals surface area contributed by atoms with Crippen LogP contribution in [0.4, 0.5) is 0 Å². The lowest BCUT2D eigenvalue weighted by Gasteiger charge is -2.44. The molecule has 3 aliphatic heterocycles. The lowest BCUT2D eigenvalue weighted by molar-refractivity contribution is 0.0441. The van der Waals surface area contributed by atoms with Crippen LogP contribution in [-0.2, 0) is 6.42 Å². The van der Waals surface area contributed by atoms with Gasteiger partial charge >= 0.3 is 0 Å². The first-order chi connectivity index (χ1) is 11.2. The Morgan fingerprint density at radius 2 is 2.00 bits per heavy atom. The maximum atomic E-state index is 12.7. The molecule has 1 aromatic carbocycles. The lowest BCUT2D eigenvalue weighted by Crippen LogP contribution is -2.47. The van der Waals surface area contributed by atoms with Gasteiger partial charge in [0.1, 0.15) is 0 Å². The SMILES string of the molecule is CCc1ccc2ccc(C(=O)CC3CN4CCC3CC4)cc2n1. The number of nitrogens with zero attached hydrogens (tertiary/aromatic N) is 2. The summed E-state index contributed by atoms with van der Waals surface area (Å²) in [6.45, 7) is 5.68. The number of hydrogen-bond donors (Lipinski definition) is 0. The van der Waals surface area contributed by atoms with Gasteiger partial charge in [-0.05, 0) is 56.3 Å². The van der Waals surface area contributed by atoms with E-state index in [1.54, 1.807) is 0 Å². The summed E-state index contributed by atoms with van der Waals surface area (Å²) in [5.74, 6) is 1.60. The first-order valence-electron chi connectivity index (χ1n) is 8.88. The van der Waals surface area contributed by atoms with E-state index in [1.807, 2.05) is 18.2 Å². The Morgan fingerprint density at radius 1 is 1.22 bits per heavy atom. The molecule has 120 valence electrons. The number of carbonyl (C=O) groups excluding carboxylic acids is 1. The number of aromatic nitrogens is 1. The van der Waals surface area contributed by atoms with Crippen molar-refractivity contribution < 1.29 is 4.79 Å². The van der Waals surface area contributed by atoms with Crippen molar-refractivity contribution in [3.05, 3.63) is 41.6 Å². The number of ketones is 1. The van der Waals surface area contributed by atoms with Crippen molar-refractivity contribution in [1.29, 1.82) is 0 Å². The molecule has 0 radical (unpaired) electrons. The van der Waals surface area contributed by atoms with E-state index in [9.17, 15) is 4.79 Å². The molecule has 1 aromatic heterocycles. The molecule has 4 heterocycles. The summed E-state index contributed by atoms with van der Waals surface area (Å²) in [5.41, 5.74) is 2.86. The molecular weight excluding hydrogens is 284 g/mol. The number of Topliss-reactive ketones (excluding diaryl/α,β-unsaturated/α-hetero) is 1. The molecule has 3 aliphatic rings. The number of rotatable bonds is 4. The van der Waals surface area contributed by atoms with Gasteiger partial charge in [0.05, 0.1) is 5.52 Å². The molecular formula is C20H24N2O. The summed E-state index contributed by atoms with van der Waals surface area (Å²) < 4.78 is 0. The third kappa shape index (κ3) is 2.90. The van der Waals surface area contributed by atoms with E-state index in [4.69, 9.17) is 0 Å². The average Bonchev–Trinajstić information content (AvgIpc) is 2.61. The van der Waals surface area contributed by atoms with Gasteiger partial charge in [0.15, 0.2) is 5.78 Å². The standard InChI is InChI=1S/C20H24N2O/c1-2-18-6-5-15-3-4-16(11-19(15)21-18)20(23)12-17-13-22-9-7-14(17)8-10-22/h3-6,11,14,17H,2,7-10,12-13H2,1H3. The monoisotopic (exact) mass is 308 g/mol. The zero-order valence-electron chi connectivity index (χ0n) is 13.8. The molecule has 2 bridgehead atoms. The molecule has 3 saturated heterocycles. The topological polar surface area (TPSA) is 33.2 Å². The minimum absolute atomic E-state index is 0.286. The highest BCUT2D eigenvalue weighted by atomic mass is 16.1. The Bertz CT molecular complexity index is 731. The first-order valence-corrected chi connectivity index (χ1v) is 8.88. The van der Waals surface area contributed by atoms with Crippen molar-refractivity contribution in [3.63, 3.8) is 0 Å². The van der Waals surface area contributed by atoms with Gasteiger partial charge in [-0.1, -0.05) is 25.1 Å². The van der Waals surface area contributed by atoms with Crippen molar-refractivity contribution in [1.82, 2.24) is 9.88 Å². The molecule has 5 rings (SSSR count). The van der Waals surface area contributed by atoms with Gasteiger partial charge in [-0.15, -0.1) is 0 Å². The molecule has 0 spiro atoms. The van der Waals surface area contributed by atoms with E-state index < -0.39 is 0 Å². The van der Waals surface area contributed by atoms with Crippen LogP contribution in [0.5, 0.6) is 0 Å². The van der Waals surface area contributed by atoms with Crippen molar-refractivity contribution in [2.75, 3.05) is 19.6 Å². The second-order valence-electron chi connectivity index (χ2n) is 7.09. The Hall–Kier alpha value is -1.74. The molecule has 2 aromatic rings. The van der Waals surface area contributed by atoms with Crippen LogP contribution in [0.1, 0.15) is 42.2 Å².